The quantitative estimate of drug-likeness (QED) is 0.0175. The standard InChI is InChI=1S/C44H30F10O12/c45-29-31(47)35(51)39(36(52)32(29)48)61-17-21-65-43(57)28(44(58)66-22-18-62-40-37(53)33(49)30(46)34(50)38(40)54)24-13-11-23(12-14-24)27(41(55)63-19-15-59-25-7-3-1-4-8-25)42(56)64-20-16-60-26-9-5-2-6-10-26/h1-14H,15-22H2. The molecule has 0 spiro atoms. The molecule has 0 atom stereocenters. The maximum atomic E-state index is 14.1. The lowest BCUT2D eigenvalue weighted by Gasteiger charge is -2.13. The molecule has 0 N–H and O–H groups in total. The van der Waals surface area contributed by atoms with Crippen LogP contribution in [-0.4, -0.2) is 76.7 Å². The highest BCUT2D eigenvalue weighted by Crippen LogP contribution is 2.30. The molecule has 0 aliphatic heterocycles. The Morgan fingerprint density at radius 2 is 0.545 bits per heavy atom. The molecule has 0 aliphatic rings. The first-order valence-electron chi connectivity index (χ1n) is 18.8. The Hall–Kier alpha value is -7.78. The molecule has 22 heteroatoms. The second-order valence-corrected chi connectivity index (χ2v) is 12.7. The van der Waals surface area contributed by atoms with Gasteiger partial charge in [-0.3, -0.25) is 0 Å². The largest absolute Gasteiger partial charge is 0.490 e. The van der Waals surface area contributed by atoms with E-state index in [0.717, 1.165) is 24.3 Å². The van der Waals surface area contributed by atoms with Crippen molar-refractivity contribution in [3.05, 3.63) is 154 Å². The minimum absolute atomic E-state index is 0.149. The van der Waals surface area contributed by atoms with Crippen LogP contribution in [0.25, 0.3) is 11.1 Å². The molecule has 66 heavy (non-hydrogen) atoms. The van der Waals surface area contributed by atoms with Crippen molar-refractivity contribution < 1.29 is 101 Å². The van der Waals surface area contributed by atoms with E-state index in [1.54, 1.807) is 60.7 Å². The number of hydrogen-bond acceptors (Lipinski definition) is 12. The van der Waals surface area contributed by atoms with Gasteiger partial charge in [-0.05, 0) is 34.7 Å². The van der Waals surface area contributed by atoms with Gasteiger partial charge in [0, 0.05) is 0 Å². The Kier molecular flexibility index (Phi) is 17.3. The Balaban J connectivity index is 1.40. The van der Waals surface area contributed by atoms with Crippen molar-refractivity contribution in [1.29, 1.82) is 0 Å². The molecule has 0 saturated carbocycles. The molecular formula is C44H30F10O12. The van der Waals surface area contributed by atoms with Gasteiger partial charge in [0.25, 0.3) is 0 Å². The number of ether oxygens (including phenoxy) is 8. The predicted octanol–water partition coefficient (Wildman–Crippen LogP) is 5.87. The lowest BCUT2D eigenvalue weighted by Crippen LogP contribution is -2.29. The fourth-order valence-corrected chi connectivity index (χ4v) is 5.33. The Morgan fingerprint density at radius 1 is 0.303 bits per heavy atom. The molecule has 0 amide bonds. The van der Waals surface area contributed by atoms with Gasteiger partial charge in [0.15, 0.2) is 22.6 Å². The zero-order chi connectivity index (χ0) is 47.9. The Labute approximate surface area is 365 Å². The number of esters is 4. The normalized spacial score (nSPS) is 10.7. The molecule has 12 nitrogen and oxygen atoms in total. The fraction of sp³-hybridized carbons (Fsp3) is 0.182. The maximum Gasteiger partial charge on any atom is 0.346 e. The zero-order valence-electron chi connectivity index (χ0n) is 33.4. The highest BCUT2D eigenvalue weighted by atomic mass is 19.2. The second-order valence-electron chi connectivity index (χ2n) is 12.7. The van der Waals surface area contributed by atoms with E-state index >= 15 is 0 Å². The number of benzene rings is 5. The second kappa shape index (κ2) is 23.2. The van der Waals surface area contributed by atoms with Crippen LogP contribution in [0.4, 0.5) is 43.9 Å². The molecule has 0 fully saturated rings. The van der Waals surface area contributed by atoms with E-state index < -0.39 is 136 Å². The summed E-state index contributed by atoms with van der Waals surface area (Å²) in [6, 6.07) is 20.8. The minimum atomic E-state index is -2.48. The fourth-order valence-electron chi connectivity index (χ4n) is 5.33. The van der Waals surface area contributed by atoms with Crippen molar-refractivity contribution in [2.24, 2.45) is 0 Å². The number of hydrogen-bond donors (Lipinski definition) is 0. The predicted molar refractivity (Wildman–Crippen MR) is 204 cm³/mol. The van der Waals surface area contributed by atoms with Crippen molar-refractivity contribution in [3.63, 3.8) is 0 Å². The lowest BCUT2D eigenvalue weighted by molar-refractivity contribution is -0.145. The number of para-hydroxylation sites is 2. The molecule has 5 rings (SSSR count). The maximum absolute atomic E-state index is 14.1. The summed E-state index contributed by atoms with van der Waals surface area (Å²) in [4.78, 5) is 53.3. The van der Waals surface area contributed by atoms with Crippen molar-refractivity contribution in [2.75, 3.05) is 52.9 Å². The highest BCUT2D eigenvalue weighted by molar-refractivity contribution is 6.37. The molecule has 5 aromatic carbocycles. The van der Waals surface area contributed by atoms with Crippen LogP contribution in [0.1, 0.15) is 0 Å². The number of halogens is 10. The van der Waals surface area contributed by atoms with Crippen LogP contribution in [0.3, 0.4) is 0 Å². The molecule has 0 heterocycles. The number of rotatable bonds is 20. The lowest BCUT2D eigenvalue weighted by atomic mass is 10.1. The van der Waals surface area contributed by atoms with Crippen molar-refractivity contribution in [3.8, 4) is 23.0 Å². The summed E-state index contributed by atoms with van der Waals surface area (Å²) in [6.07, 6.45) is 0. The van der Waals surface area contributed by atoms with Crippen molar-refractivity contribution in [2.45, 2.75) is 0 Å². The van der Waals surface area contributed by atoms with E-state index in [1.165, 1.54) is 0 Å². The van der Waals surface area contributed by atoms with Gasteiger partial charge in [-0.2, -0.15) is 17.6 Å². The van der Waals surface area contributed by atoms with Crippen LogP contribution in [0.15, 0.2) is 84.9 Å². The van der Waals surface area contributed by atoms with Gasteiger partial charge in [0.05, 0.1) is 0 Å². The minimum Gasteiger partial charge on any atom is -0.490 e. The van der Waals surface area contributed by atoms with Gasteiger partial charge in [-0.25, -0.2) is 45.5 Å². The van der Waals surface area contributed by atoms with Crippen LogP contribution in [0, 0.1) is 58.2 Å². The molecule has 0 unspecified atom stereocenters. The molecule has 0 saturated heterocycles. The van der Waals surface area contributed by atoms with Crippen molar-refractivity contribution in [1.82, 2.24) is 0 Å². The first kappa shape index (κ1) is 49.2. The summed E-state index contributed by atoms with van der Waals surface area (Å²) in [7, 11) is 0. The molecule has 348 valence electrons. The van der Waals surface area contributed by atoms with Gasteiger partial charge in [0.2, 0.25) is 58.2 Å². The van der Waals surface area contributed by atoms with Gasteiger partial charge >= 0.3 is 23.9 Å². The molecule has 5 aromatic rings. The van der Waals surface area contributed by atoms with Gasteiger partial charge in [-0.1, -0.05) is 60.7 Å². The van der Waals surface area contributed by atoms with Crippen LogP contribution in [-0.2, 0) is 38.1 Å². The summed E-state index contributed by atoms with van der Waals surface area (Å²) >= 11 is 0. The summed E-state index contributed by atoms with van der Waals surface area (Å²) in [5.41, 5.74) is -1.74. The Bertz CT molecular complexity index is 2470. The highest BCUT2D eigenvalue weighted by Gasteiger charge is 2.30. The van der Waals surface area contributed by atoms with E-state index in [1.807, 2.05) is 0 Å². The van der Waals surface area contributed by atoms with Crippen LogP contribution in [0.2, 0.25) is 0 Å². The average molecular weight is 941 g/mol. The van der Waals surface area contributed by atoms with E-state index in [4.69, 9.17) is 28.4 Å². The van der Waals surface area contributed by atoms with E-state index in [0.29, 0.717) is 11.5 Å². The summed E-state index contributed by atoms with van der Waals surface area (Å²) < 4.78 is 178. The summed E-state index contributed by atoms with van der Waals surface area (Å²) in [5.74, 6) is -32.0. The van der Waals surface area contributed by atoms with Gasteiger partial charge in [-0.15, -0.1) is 0 Å². The van der Waals surface area contributed by atoms with Gasteiger partial charge in [0.1, 0.15) is 64.4 Å². The topological polar surface area (TPSA) is 142 Å². The van der Waals surface area contributed by atoms with Crippen LogP contribution < -0.4 is 29.4 Å². The first-order valence-corrected chi connectivity index (χ1v) is 18.8. The average Bonchev–Trinajstić information content (AvgIpc) is 3.32. The zero-order valence-corrected chi connectivity index (χ0v) is 33.4. The van der Waals surface area contributed by atoms with E-state index in [2.05, 4.69) is 9.47 Å². The monoisotopic (exact) mass is 940 g/mol. The first-order chi connectivity index (χ1) is 31.6. The summed E-state index contributed by atoms with van der Waals surface area (Å²) in [5, 5.41) is -0.626. The molecule has 0 aromatic heterocycles. The SMILES string of the molecule is O=C(OCCOc1ccccc1)C(C(=O)OCCOc1ccccc1)=c1ccc(=C(C(=O)OCCOc2c(F)c(F)c(F)c(F)c2F)C(=O)OCCOc2c(F)c(F)c(F)c(F)c2F)cc1. The van der Waals surface area contributed by atoms with Crippen molar-refractivity contribution >= 4 is 35.0 Å². The Morgan fingerprint density at radius 3 is 0.818 bits per heavy atom. The molecular weight excluding hydrogens is 910 g/mol. The van der Waals surface area contributed by atoms with E-state index in [9.17, 15) is 63.1 Å². The van der Waals surface area contributed by atoms with Crippen LogP contribution in [0.5, 0.6) is 23.0 Å². The molecule has 0 aliphatic carbocycles. The summed E-state index contributed by atoms with van der Waals surface area (Å²) in [6.45, 7) is -5.24. The third-order valence-electron chi connectivity index (χ3n) is 8.40. The number of carbonyl (C=O) groups excluding carboxylic acids is 4. The third kappa shape index (κ3) is 12.3. The molecule has 0 bridgehead atoms. The van der Waals surface area contributed by atoms with Crippen LogP contribution >= 0.6 is 0 Å². The number of carbonyl (C=O) groups is 4. The smallest absolute Gasteiger partial charge is 0.346 e. The molecule has 0 radical (unpaired) electrons. The van der Waals surface area contributed by atoms with Gasteiger partial charge < -0.3 is 37.9 Å². The third-order valence-corrected chi connectivity index (χ3v) is 8.40. The van der Waals surface area contributed by atoms with E-state index in [-0.39, 0.29) is 31.6 Å².